The van der Waals surface area contributed by atoms with Crippen LogP contribution in [0.2, 0.25) is 0 Å². The summed E-state index contributed by atoms with van der Waals surface area (Å²) in [6.45, 7) is 1.68. The molecule has 0 unspecified atom stereocenters. The lowest BCUT2D eigenvalue weighted by Gasteiger charge is -2.04. The van der Waals surface area contributed by atoms with E-state index in [0.717, 1.165) is 22.6 Å². The van der Waals surface area contributed by atoms with E-state index in [9.17, 15) is 9.59 Å². The maximum Gasteiger partial charge on any atom is 0.326 e. The Hall–Kier alpha value is -2.67. The van der Waals surface area contributed by atoms with Gasteiger partial charge < -0.3 is 9.26 Å². The number of aromatic nitrogens is 2. The van der Waals surface area contributed by atoms with Crippen molar-refractivity contribution in [2.75, 3.05) is 0 Å². The fourth-order valence-corrected chi connectivity index (χ4v) is 2.78. The number of benzene rings is 1. The summed E-state index contributed by atoms with van der Waals surface area (Å²) in [6.07, 6.45) is 0. The van der Waals surface area contributed by atoms with Crippen LogP contribution >= 0.6 is 11.3 Å². The van der Waals surface area contributed by atoms with Crippen molar-refractivity contribution in [3.63, 3.8) is 0 Å². The van der Waals surface area contributed by atoms with Gasteiger partial charge in [0.25, 0.3) is 0 Å². The van der Waals surface area contributed by atoms with Gasteiger partial charge >= 0.3 is 10.8 Å². The summed E-state index contributed by atoms with van der Waals surface area (Å²) in [5, 5.41) is 5.59. The highest BCUT2D eigenvalue weighted by atomic mass is 32.1. The van der Waals surface area contributed by atoms with Crippen LogP contribution in [0.15, 0.2) is 51.1 Å². The first-order chi connectivity index (χ1) is 11.1. The maximum absolute atomic E-state index is 11.8. The molecule has 0 fully saturated rings. The summed E-state index contributed by atoms with van der Waals surface area (Å²) in [6, 6.07) is 11.3. The lowest BCUT2D eigenvalue weighted by molar-refractivity contribution is -0.145. The molecule has 0 N–H and O–H groups in total. The topological polar surface area (TPSA) is 74.3 Å². The number of carbonyl (C=O) groups excluding carboxylic acids is 1. The normalized spacial score (nSPS) is 10.7. The van der Waals surface area contributed by atoms with Crippen molar-refractivity contribution in [2.45, 2.75) is 20.1 Å². The molecule has 3 rings (SSSR count). The molecule has 0 aliphatic heterocycles. The second-order valence-corrected chi connectivity index (χ2v) is 5.76. The van der Waals surface area contributed by atoms with E-state index < -0.39 is 5.97 Å². The minimum Gasteiger partial charge on any atom is -0.458 e. The van der Waals surface area contributed by atoms with Crippen LogP contribution in [0.1, 0.15) is 11.4 Å². The van der Waals surface area contributed by atoms with Gasteiger partial charge in [-0.3, -0.25) is 14.2 Å². The van der Waals surface area contributed by atoms with Crippen molar-refractivity contribution in [1.82, 2.24) is 9.72 Å². The van der Waals surface area contributed by atoms with E-state index in [1.54, 1.807) is 18.4 Å². The van der Waals surface area contributed by atoms with Crippen molar-refractivity contribution in [1.29, 1.82) is 0 Å². The Morgan fingerprint density at radius 1 is 1.35 bits per heavy atom. The molecule has 0 aliphatic rings. The summed E-state index contributed by atoms with van der Waals surface area (Å²) >= 11 is 1.06. The zero-order valence-corrected chi connectivity index (χ0v) is 13.2. The van der Waals surface area contributed by atoms with Gasteiger partial charge in [0, 0.05) is 22.7 Å². The number of esters is 1. The highest BCUT2D eigenvalue weighted by Crippen LogP contribution is 2.19. The Kier molecular flexibility index (Phi) is 4.38. The monoisotopic (exact) mass is 330 g/mol. The second-order valence-electron chi connectivity index (χ2n) is 4.94. The standard InChI is InChI=1S/C16H14N2O4S/c1-11-10-23-16(20)18(11)8-15(19)21-9-13-7-14(22-17-13)12-5-3-2-4-6-12/h2-7,10H,8-9H2,1H3. The van der Waals surface area contributed by atoms with Crippen LogP contribution in [0.5, 0.6) is 0 Å². The molecule has 0 amide bonds. The first kappa shape index (κ1) is 15.2. The Bertz CT molecular complexity index is 864. The molecule has 2 heterocycles. The van der Waals surface area contributed by atoms with E-state index in [1.807, 2.05) is 30.3 Å². The Morgan fingerprint density at radius 2 is 2.13 bits per heavy atom. The predicted molar refractivity (Wildman–Crippen MR) is 85.1 cm³/mol. The summed E-state index contributed by atoms with van der Waals surface area (Å²) in [5.74, 6) is 0.124. The molecular formula is C16H14N2O4S. The fourth-order valence-electron chi connectivity index (χ4n) is 2.04. The van der Waals surface area contributed by atoms with Crippen LogP contribution < -0.4 is 4.87 Å². The third-order valence-corrected chi connectivity index (χ3v) is 4.14. The van der Waals surface area contributed by atoms with E-state index in [0.29, 0.717) is 11.5 Å². The van der Waals surface area contributed by atoms with Crippen molar-refractivity contribution in [3.8, 4) is 11.3 Å². The quantitative estimate of drug-likeness (QED) is 0.672. The molecule has 0 radical (unpaired) electrons. The van der Waals surface area contributed by atoms with Gasteiger partial charge in [-0.25, -0.2) is 0 Å². The van der Waals surface area contributed by atoms with E-state index >= 15 is 0 Å². The molecule has 3 aromatic rings. The van der Waals surface area contributed by atoms with Gasteiger partial charge in [0.15, 0.2) is 5.76 Å². The minimum atomic E-state index is -0.488. The van der Waals surface area contributed by atoms with E-state index in [2.05, 4.69) is 5.16 Å². The van der Waals surface area contributed by atoms with Crippen LogP contribution in [0.4, 0.5) is 0 Å². The minimum absolute atomic E-state index is 0.00705. The van der Waals surface area contributed by atoms with Crippen LogP contribution in [0.25, 0.3) is 11.3 Å². The Morgan fingerprint density at radius 3 is 2.83 bits per heavy atom. The van der Waals surface area contributed by atoms with Gasteiger partial charge in [0.2, 0.25) is 0 Å². The summed E-state index contributed by atoms with van der Waals surface area (Å²) in [5.41, 5.74) is 2.16. The molecule has 0 saturated carbocycles. The van der Waals surface area contributed by atoms with Gasteiger partial charge in [-0.15, -0.1) is 0 Å². The maximum atomic E-state index is 11.8. The number of hydrogen-bond acceptors (Lipinski definition) is 6. The lowest BCUT2D eigenvalue weighted by atomic mass is 10.2. The van der Waals surface area contributed by atoms with Gasteiger partial charge in [-0.1, -0.05) is 46.8 Å². The number of thiazole rings is 1. The number of aryl methyl sites for hydroxylation is 1. The van der Waals surface area contributed by atoms with Crippen LogP contribution in [-0.2, 0) is 22.7 Å². The second kappa shape index (κ2) is 6.62. The molecule has 0 saturated heterocycles. The van der Waals surface area contributed by atoms with Gasteiger partial charge in [0.05, 0.1) is 0 Å². The molecule has 118 valence electrons. The summed E-state index contributed by atoms with van der Waals surface area (Å²) < 4.78 is 11.8. The van der Waals surface area contributed by atoms with Crippen LogP contribution in [-0.4, -0.2) is 15.7 Å². The van der Waals surface area contributed by atoms with E-state index in [1.165, 1.54) is 4.57 Å². The number of ether oxygens (including phenoxy) is 1. The third-order valence-electron chi connectivity index (χ3n) is 3.26. The first-order valence-electron chi connectivity index (χ1n) is 6.95. The fraction of sp³-hybridized carbons (Fsp3) is 0.188. The first-order valence-corrected chi connectivity index (χ1v) is 7.83. The van der Waals surface area contributed by atoms with Gasteiger partial charge in [-0.2, -0.15) is 0 Å². The number of hydrogen-bond donors (Lipinski definition) is 0. The Balaban J connectivity index is 1.60. The van der Waals surface area contributed by atoms with Crippen molar-refractivity contribution in [3.05, 3.63) is 62.8 Å². The molecular weight excluding hydrogens is 316 g/mol. The van der Waals surface area contributed by atoms with Gasteiger partial charge in [-0.05, 0) is 6.92 Å². The zero-order chi connectivity index (χ0) is 16.2. The number of rotatable bonds is 5. The summed E-state index contributed by atoms with van der Waals surface area (Å²) in [7, 11) is 0. The molecule has 23 heavy (non-hydrogen) atoms. The smallest absolute Gasteiger partial charge is 0.326 e. The average Bonchev–Trinajstić information content (AvgIpc) is 3.16. The Labute approximate surface area is 135 Å². The predicted octanol–water partition coefficient (Wildman–Crippen LogP) is 2.62. The molecule has 7 heteroatoms. The van der Waals surface area contributed by atoms with Crippen molar-refractivity contribution in [2.24, 2.45) is 0 Å². The van der Waals surface area contributed by atoms with E-state index in [4.69, 9.17) is 9.26 Å². The summed E-state index contributed by atoms with van der Waals surface area (Å²) in [4.78, 5) is 23.2. The molecule has 0 aliphatic carbocycles. The molecule has 6 nitrogen and oxygen atoms in total. The molecule has 2 aromatic heterocycles. The van der Waals surface area contributed by atoms with Crippen molar-refractivity contribution >= 4 is 17.3 Å². The lowest BCUT2D eigenvalue weighted by Crippen LogP contribution is -2.22. The van der Waals surface area contributed by atoms with Crippen LogP contribution in [0, 0.1) is 6.92 Å². The molecule has 0 spiro atoms. The van der Waals surface area contributed by atoms with Crippen LogP contribution in [0.3, 0.4) is 0 Å². The largest absolute Gasteiger partial charge is 0.458 e. The molecule has 0 atom stereocenters. The molecule has 1 aromatic carbocycles. The third kappa shape index (κ3) is 3.57. The SMILES string of the molecule is Cc1csc(=O)n1CC(=O)OCc1cc(-c2ccccc2)on1. The van der Waals surface area contributed by atoms with Gasteiger partial charge in [0.1, 0.15) is 18.8 Å². The highest BCUT2D eigenvalue weighted by molar-refractivity contribution is 7.07. The number of nitrogens with zero attached hydrogens (tertiary/aromatic N) is 2. The number of carbonyl (C=O) groups is 1. The zero-order valence-electron chi connectivity index (χ0n) is 12.4. The average molecular weight is 330 g/mol. The highest BCUT2D eigenvalue weighted by Gasteiger charge is 2.12. The molecule has 0 bridgehead atoms. The van der Waals surface area contributed by atoms with Crippen molar-refractivity contribution < 1.29 is 14.1 Å². The van der Waals surface area contributed by atoms with E-state index in [-0.39, 0.29) is 18.0 Å².